The summed E-state index contributed by atoms with van der Waals surface area (Å²) in [6.07, 6.45) is 3.76. The zero-order valence-corrected chi connectivity index (χ0v) is 10.7. The Morgan fingerprint density at radius 2 is 1.80 bits per heavy atom. The number of carboxylic acid groups (broad SMARTS) is 1. The molecule has 0 bridgehead atoms. The largest absolute Gasteiger partial charge is 0.480 e. The van der Waals surface area contributed by atoms with Crippen LogP contribution in [0.3, 0.4) is 0 Å². The monoisotopic (exact) mass is 235 g/mol. The van der Waals surface area contributed by atoms with Crippen molar-refractivity contribution in [3.05, 3.63) is 0 Å². The average Bonchev–Trinajstić information content (AvgIpc) is 2.15. The van der Waals surface area contributed by atoms with Gasteiger partial charge in [0.2, 0.25) is 0 Å². The van der Waals surface area contributed by atoms with Crippen molar-refractivity contribution in [3.8, 4) is 0 Å². The lowest BCUT2D eigenvalue weighted by molar-refractivity contribution is -0.135. The third kappa shape index (κ3) is 5.95. The quantitative estimate of drug-likeness (QED) is 0.634. The molecular formula is C10H22NO3P. The molecule has 0 amide bonds. The second-order valence-corrected chi connectivity index (χ2v) is 6.98. The first-order valence-corrected chi connectivity index (χ1v) is 7.70. The molecule has 15 heavy (non-hydrogen) atoms. The second-order valence-electron chi connectivity index (χ2n) is 3.95. The normalized spacial score (nSPS) is 15.2. The Balaban J connectivity index is 4.34. The first-order valence-electron chi connectivity index (χ1n) is 5.48. The molecule has 1 atom stereocenters. The molecule has 0 fully saturated rings. The highest BCUT2D eigenvalue weighted by molar-refractivity contribution is 7.61. The van der Waals surface area contributed by atoms with E-state index in [9.17, 15) is 9.36 Å². The summed E-state index contributed by atoms with van der Waals surface area (Å²) in [6, 6.07) is 0. The van der Waals surface area contributed by atoms with Crippen LogP contribution in [0.2, 0.25) is 0 Å². The van der Waals surface area contributed by atoms with Crippen LogP contribution < -0.4 is 5.09 Å². The van der Waals surface area contributed by atoms with Crippen LogP contribution in [0.25, 0.3) is 0 Å². The van der Waals surface area contributed by atoms with E-state index >= 15 is 0 Å². The molecule has 0 saturated heterocycles. The van der Waals surface area contributed by atoms with Crippen LogP contribution in [-0.2, 0) is 9.36 Å². The van der Waals surface area contributed by atoms with Crippen LogP contribution in [0.1, 0.15) is 39.5 Å². The van der Waals surface area contributed by atoms with E-state index in [0.29, 0.717) is 0 Å². The Morgan fingerprint density at radius 1 is 1.33 bits per heavy atom. The van der Waals surface area contributed by atoms with Gasteiger partial charge in [0.1, 0.15) is 7.29 Å². The number of hydrogen-bond acceptors (Lipinski definition) is 2. The predicted molar refractivity (Wildman–Crippen MR) is 62.8 cm³/mol. The van der Waals surface area contributed by atoms with Gasteiger partial charge in [-0.05, 0) is 12.8 Å². The standard InChI is InChI=1S/C10H22NO3P/c1-4-6-9(7-5-2)15(3,14)11-8-10(12)13/h9H,4-8H2,1-3H3,(H,11,14)(H,12,13). The van der Waals surface area contributed by atoms with Crippen molar-refractivity contribution in [2.75, 3.05) is 13.2 Å². The number of carbonyl (C=O) groups is 1. The van der Waals surface area contributed by atoms with Gasteiger partial charge in [0.25, 0.3) is 0 Å². The van der Waals surface area contributed by atoms with Crippen molar-refractivity contribution in [1.82, 2.24) is 5.09 Å². The second kappa shape index (κ2) is 7.02. The lowest BCUT2D eigenvalue weighted by Gasteiger charge is -2.24. The minimum atomic E-state index is -2.52. The lowest BCUT2D eigenvalue weighted by Crippen LogP contribution is -2.25. The van der Waals surface area contributed by atoms with Gasteiger partial charge in [0.05, 0.1) is 6.54 Å². The van der Waals surface area contributed by atoms with Crippen LogP contribution in [0.15, 0.2) is 0 Å². The molecule has 4 nitrogen and oxygen atoms in total. The first kappa shape index (κ1) is 14.7. The number of hydrogen-bond donors (Lipinski definition) is 2. The van der Waals surface area contributed by atoms with Gasteiger partial charge >= 0.3 is 5.97 Å². The molecule has 0 aromatic heterocycles. The molecule has 0 aliphatic rings. The Kier molecular flexibility index (Phi) is 6.86. The minimum Gasteiger partial charge on any atom is -0.480 e. The molecule has 0 aromatic rings. The Morgan fingerprint density at radius 3 is 2.13 bits per heavy atom. The molecular weight excluding hydrogens is 213 g/mol. The zero-order chi connectivity index (χ0) is 11.9. The van der Waals surface area contributed by atoms with Gasteiger partial charge in [-0.3, -0.25) is 9.88 Å². The lowest BCUT2D eigenvalue weighted by atomic mass is 10.2. The van der Waals surface area contributed by atoms with Gasteiger partial charge in [-0.1, -0.05) is 26.7 Å². The Bertz CT molecular complexity index is 237. The van der Waals surface area contributed by atoms with Crippen molar-refractivity contribution in [2.45, 2.75) is 45.2 Å². The highest BCUT2D eigenvalue weighted by Gasteiger charge is 2.26. The van der Waals surface area contributed by atoms with E-state index in [1.165, 1.54) is 0 Å². The summed E-state index contributed by atoms with van der Waals surface area (Å²) in [7, 11) is -2.52. The third-order valence-corrected chi connectivity index (χ3v) is 5.18. The minimum absolute atomic E-state index is 0.117. The van der Waals surface area contributed by atoms with Crippen molar-refractivity contribution < 1.29 is 14.5 Å². The van der Waals surface area contributed by atoms with E-state index in [1.54, 1.807) is 6.66 Å². The van der Waals surface area contributed by atoms with Crippen LogP contribution in [0, 0.1) is 0 Å². The maximum absolute atomic E-state index is 12.2. The van der Waals surface area contributed by atoms with Gasteiger partial charge in [0.15, 0.2) is 0 Å². The number of aliphatic carboxylic acids is 1. The highest BCUT2D eigenvalue weighted by atomic mass is 31.2. The van der Waals surface area contributed by atoms with Crippen LogP contribution in [0.4, 0.5) is 0 Å². The average molecular weight is 235 g/mol. The van der Waals surface area contributed by atoms with E-state index < -0.39 is 13.3 Å². The van der Waals surface area contributed by atoms with E-state index in [0.717, 1.165) is 25.7 Å². The van der Waals surface area contributed by atoms with E-state index in [-0.39, 0.29) is 12.2 Å². The summed E-state index contributed by atoms with van der Waals surface area (Å²) in [5.41, 5.74) is 0.117. The summed E-state index contributed by atoms with van der Waals surface area (Å²) >= 11 is 0. The Labute approximate surface area is 91.9 Å². The fourth-order valence-corrected chi connectivity index (χ4v) is 3.87. The first-order chi connectivity index (χ1) is 6.94. The van der Waals surface area contributed by atoms with Crippen molar-refractivity contribution >= 4 is 13.3 Å². The van der Waals surface area contributed by atoms with Gasteiger partial charge in [-0.2, -0.15) is 0 Å². The smallest absolute Gasteiger partial charge is 0.317 e. The number of nitrogens with one attached hydrogen (secondary N) is 1. The van der Waals surface area contributed by atoms with Crippen LogP contribution in [0.5, 0.6) is 0 Å². The molecule has 0 rings (SSSR count). The topological polar surface area (TPSA) is 66.4 Å². The van der Waals surface area contributed by atoms with Crippen molar-refractivity contribution in [1.29, 1.82) is 0 Å². The van der Waals surface area contributed by atoms with Gasteiger partial charge in [0, 0.05) is 12.3 Å². The van der Waals surface area contributed by atoms with Crippen LogP contribution >= 0.6 is 7.29 Å². The van der Waals surface area contributed by atoms with Crippen LogP contribution in [-0.4, -0.2) is 29.9 Å². The molecule has 2 N–H and O–H groups in total. The molecule has 5 heteroatoms. The van der Waals surface area contributed by atoms with E-state index in [2.05, 4.69) is 18.9 Å². The van der Waals surface area contributed by atoms with Crippen molar-refractivity contribution in [2.24, 2.45) is 0 Å². The maximum Gasteiger partial charge on any atom is 0.317 e. The molecule has 0 heterocycles. The third-order valence-electron chi connectivity index (χ3n) is 2.48. The van der Waals surface area contributed by atoms with Gasteiger partial charge in [-0.25, -0.2) is 0 Å². The molecule has 0 aliphatic carbocycles. The molecule has 90 valence electrons. The molecule has 0 saturated carbocycles. The van der Waals surface area contributed by atoms with Crippen molar-refractivity contribution in [3.63, 3.8) is 0 Å². The fraction of sp³-hybridized carbons (Fsp3) is 0.900. The summed E-state index contributed by atoms with van der Waals surface area (Å²) in [6.45, 7) is 5.56. The van der Waals surface area contributed by atoms with Gasteiger partial charge < -0.3 is 9.67 Å². The molecule has 0 aromatic carbocycles. The van der Waals surface area contributed by atoms with E-state index in [1.807, 2.05) is 0 Å². The highest BCUT2D eigenvalue weighted by Crippen LogP contribution is 2.46. The summed E-state index contributed by atoms with van der Waals surface area (Å²) in [4.78, 5) is 10.4. The SMILES string of the molecule is CCCC(CCC)P(C)(=O)NCC(=O)O. The molecule has 0 radical (unpaired) electrons. The Hall–Kier alpha value is -0.340. The predicted octanol–water partition coefficient (Wildman–Crippen LogP) is 2.54. The summed E-state index contributed by atoms with van der Waals surface area (Å²) in [5.74, 6) is -0.955. The summed E-state index contributed by atoms with van der Waals surface area (Å²) in [5, 5.41) is 11.2. The fourth-order valence-electron chi connectivity index (χ4n) is 1.66. The zero-order valence-electron chi connectivity index (χ0n) is 9.82. The number of carboxylic acids is 1. The molecule has 0 spiro atoms. The molecule has 1 unspecified atom stereocenters. The van der Waals surface area contributed by atoms with E-state index in [4.69, 9.17) is 5.11 Å². The maximum atomic E-state index is 12.2. The molecule has 0 aliphatic heterocycles. The number of rotatable bonds is 8. The summed E-state index contributed by atoms with van der Waals surface area (Å²) < 4.78 is 12.2. The van der Waals surface area contributed by atoms with Gasteiger partial charge in [-0.15, -0.1) is 0 Å².